The summed E-state index contributed by atoms with van der Waals surface area (Å²) in [4.78, 5) is 14.2. The number of likely N-dealkylation sites (N-methyl/N-ethyl adjacent to an activating group) is 1. The molecule has 0 aromatic heterocycles. The minimum atomic E-state index is -0.228. The number of unbranched alkanes of at least 4 members (excludes halogenated alkanes) is 2. The third-order valence-corrected chi connectivity index (χ3v) is 7.71. The molecule has 2 rings (SSSR count). The first-order chi connectivity index (χ1) is 13.2. The summed E-state index contributed by atoms with van der Waals surface area (Å²) in [5.74, 6) is 1.13. The van der Waals surface area contributed by atoms with Gasteiger partial charge in [0.1, 0.15) is 5.75 Å². The molecule has 0 saturated carbocycles. The van der Waals surface area contributed by atoms with Gasteiger partial charge in [-0.25, -0.2) is 0 Å². The minimum absolute atomic E-state index is 0.0217. The van der Waals surface area contributed by atoms with Gasteiger partial charge in [-0.15, -0.1) is 0 Å². The Balaban J connectivity index is 1.41. The summed E-state index contributed by atoms with van der Waals surface area (Å²) in [6, 6.07) is 6.61. The van der Waals surface area contributed by atoms with Crippen molar-refractivity contribution in [3.63, 3.8) is 0 Å². The number of phenolic OH excluding ortho intramolecular Hbond substituents is 1. The molecule has 0 bridgehead atoms. The molecular formula is C20H33N3O2S2. The van der Waals surface area contributed by atoms with E-state index in [4.69, 9.17) is 0 Å². The minimum Gasteiger partial charge on any atom is -0.507 e. The average Bonchev–Trinajstić information content (AvgIpc) is 3.17. The van der Waals surface area contributed by atoms with Crippen LogP contribution in [-0.2, 0) is 0 Å². The maximum absolute atomic E-state index is 12.0. The van der Waals surface area contributed by atoms with Gasteiger partial charge in [-0.2, -0.15) is 0 Å². The van der Waals surface area contributed by atoms with Crippen LogP contribution in [0.15, 0.2) is 24.3 Å². The lowest BCUT2D eigenvalue weighted by molar-refractivity contribution is 0.0947. The second kappa shape index (κ2) is 13.3. The van der Waals surface area contributed by atoms with Crippen LogP contribution < -0.4 is 10.6 Å². The van der Waals surface area contributed by atoms with E-state index in [2.05, 4.69) is 33.4 Å². The molecule has 0 spiro atoms. The van der Waals surface area contributed by atoms with Crippen LogP contribution in [0, 0.1) is 0 Å². The van der Waals surface area contributed by atoms with Crippen molar-refractivity contribution >= 4 is 27.5 Å². The molecule has 1 aromatic carbocycles. The highest BCUT2D eigenvalue weighted by Crippen LogP contribution is 2.39. The van der Waals surface area contributed by atoms with Crippen LogP contribution in [0.3, 0.4) is 0 Å². The number of rotatable bonds is 13. The summed E-state index contributed by atoms with van der Waals surface area (Å²) < 4.78 is 0. The van der Waals surface area contributed by atoms with Crippen molar-refractivity contribution in [2.45, 2.75) is 37.4 Å². The number of hydrogen-bond acceptors (Lipinski definition) is 6. The summed E-state index contributed by atoms with van der Waals surface area (Å²) in [5.41, 5.74) is 0.326. The number of carbonyl (C=O) groups excluding carboxylic acids is 1. The van der Waals surface area contributed by atoms with E-state index in [-0.39, 0.29) is 11.7 Å². The Hall–Kier alpha value is -0.890. The predicted molar refractivity (Wildman–Crippen MR) is 118 cm³/mol. The Morgan fingerprint density at radius 3 is 2.78 bits per heavy atom. The summed E-state index contributed by atoms with van der Waals surface area (Å²) in [6.45, 7) is 4.38. The molecule has 7 heteroatoms. The zero-order valence-electron chi connectivity index (χ0n) is 16.3. The van der Waals surface area contributed by atoms with Crippen molar-refractivity contribution in [1.82, 2.24) is 15.5 Å². The van der Waals surface area contributed by atoms with Crippen LogP contribution in [0.5, 0.6) is 5.75 Å². The molecule has 5 nitrogen and oxygen atoms in total. The third kappa shape index (κ3) is 9.23. The Labute approximate surface area is 171 Å². The SMILES string of the molecule is CN(CCNCCCCCC1CCSS1)CCNC(=O)c1ccccc1O. The molecule has 1 aromatic rings. The summed E-state index contributed by atoms with van der Waals surface area (Å²) in [6.07, 6.45) is 6.71. The number of hydrogen-bond donors (Lipinski definition) is 3. The maximum atomic E-state index is 12.0. The highest BCUT2D eigenvalue weighted by Gasteiger charge is 2.15. The molecule has 1 aliphatic heterocycles. The van der Waals surface area contributed by atoms with E-state index in [9.17, 15) is 9.90 Å². The highest BCUT2D eigenvalue weighted by atomic mass is 33.1. The van der Waals surface area contributed by atoms with E-state index in [1.54, 1.807) is 18.2 Å². The van der Waals surface area contributed by atoms with Gasteiger partial charge >= 0.3 is 0 Å². The van der Waals surface area contributed by atoms with Crippen molar-refractivity contribution in [1.29, 1.82) is 0 Å². The lowest BCUT2D eigenvalue weighted by Crippen LogP contribution is -2.36. The van der Waals surface area contributed by atoms with Gasteiger partial charge in [0.15, 0.2) is 0 Å². The normalized spacial score (nSPS) is 16.7. The van der Waals surface area contributed by atoms with Crippen molar-refractivity contribution < 1.29 is 9.90 Å². The zero-order chi connectivity index (χ0) is 19.3. The van der Waals surface area contributed by atoms with Gasteiger partial charge < -0.3 is 20.6 Å². The molecule has 1 fully saturated rings. The van der Waals surface area contributed by atoms with Crippen molar-refractivity contribution in [2.75, 3.05) is 45.5 Å². The molecule has 1 amide bonds. The lowest BCUT2D eigenvalue weighted by Gasteiger charge is -2.17. The fraction of sp³-hybridized carbons (Fsp3) is 0.650. The molecule has 1 unspecified atom stereocenters. The quantitative estimate of drug-likeness (QED) is 0.342. The summed E-state index contributed by atoms with van der Waals surface area (Å²) >= 11 is 0. The van der Waals surface area contributed by atoms with E-state index in [1.165, 1.54) is 43.9 Å². The molecule has 0 aliphatic carbocycles. The number of nitrogens with zero attached hydrogens (tertiary/aromatic N) is 1. The van der Waals surface area contributed by atoms with Crippen LogP contribution in [0.2, 0.25) is 0 Å². The molecule has 1 saturated heterocycles. The number of nitrogens with one attached hydrogen (secondary N) is 2. The smallest absolute Gasteiger partial charge is 0.255 e. The summed E-state index contributed by atoms with van der Waals surface area (Å²) in [7, 11) is 6.17. The Morgan fingerprint density at radius 1 is 1.19 bits per heavy atom. The molecule has 27 heavy (non-hydrogen) atoms. The van der Waals surface area contributed by atoms with Gasteiger partial charge in [-0.1, -0.05) is 46.6 Å². The Morgan fingerprint density at radius 2 is 2.00 bits per heavy atom. The number of aromatic hydroxyl groups is 1. The summed E-state index contributed by atoms with van der Waals surface area (Å²) in [5, 5.41) is 16.9. The van der Waals surface area contributed by atoms with E-state index in [1.807, 2.05) is 10.8 Å². The number of carbonyl (C=O) groups is 1. The Bertz CT molecular complexity index is 554. The first kappa shape index (κ1) is 22.4. The van der Waals surface area contributed by atoms with E-state index in [0.717, 1.165) is 31.4 Å². The van der Waals surface area contributed by atoms with E-state index >= 15 is 0 Å². The first-order valence-corrected chi connectivity index (χ1v) is 12.3. The van der Waals surface area contributed by atoms with E-state index < -0.39 is 0 Å². The van der Waals surface area contributed by atoms with Crippen molar-refractivity contribution in [3.8, 4) is 5.75 Å². The molecule has 1 heterocycles. The van der Waals surface area contributed by atoms with Crippen LogP contribution in [-0.4, -0.2) is 66.7 Å². The Kier molecular flexibility index (Phi) is 11.0. The molecule has 1 atom stereocenters. The average molecular weight is 412 g/mol. The number of para-hydroxylation sites is 1. The molecule has 0 radical (unpaired) electrons. The standard InChI is InChI=1S/C20H33N3O2S2/c1-23(15-13-22-20(25)18-8-4-5-9-19(18)24)14-12-21-11-6-2-3-7-17-10-16-26-27-17/h4-5,8-9,17,21,24H,2-3,6-7,10-16H2,1H3,(H,22,25). The molecular weight excluding hydrogens is 378 g/mol. The number of phenols is 1. The van der Waals surface area contributed by atoms with Crippen molar-refractivity contribution in [3.05, 3.63) is 29.8 Å². The second-order valence-corrected chi connectivity index (χ2v) is 9.79. The maximum Gasteiger partial charge on any atom is 0.255 e. The highest BCUT2D eigenvalue weighted by molar-refractivity contribution is 8.77. The van der Waals surface area contributed by atoms with Gasteiger partial charge in [-0.05, 0) is 45.0 Å². The number of benzene rings is 1. The van der Waals surface area contributed by atoms with Gasteiger partial charge in [-0.3, -0.25) is 4.79 Å². The van der Waals surface area contributed by atoms with Crippen LogP contribution in [0.25, 0.3) is 0 Å². The fourth-order valence-corrected chi connectivity index (χ4v) is 6.02. The predicted octanol–water partition coefficient (Wildman–Crippen LogP) is 3.36. The molecule has 152 valence electrons. The first-order valence-electron chi connectivity index (χ1n) is 9.90. The zero-order valence-corrected chi connectivity index (χ0v) is 17.9. The van der Waals surface area contributed by atoms with Gasteiger partial charge in [0, 0.05) is 37.2 Å². The molecule has 1 aliphatic rings. The van der Waals surface area contributed by atoms with Gasteiger partial charge in [0.05, 0.1) is 5.56 Å². The van der Waals surface area contributed by atoms with Gasteiger partial charge in [0.25, 0.3) is 5.91 Å². The molecule has 3 N–H and O–H groups in total. The fourth-order valence-electron chi connectivity index (χ4n) is 2.99. The van der Waals surface area contributed by atoms with Crippen LogP contribution in [0.4, 0.5) is 0 Å². The lowest BCUT2D eigenvalue weighted by atomic mass is 10.1. The van der Waals surface area contributed by atoms with Crippen molar-refractivity contribution in [2.24, 2.45) is 0 Å². The second-order valence-electron chi connectivity index (χ2n) is 7.00. The van der Waals surface area contributed by atoms with Crippen LogP contribution in [0.1, 0.15) is 42.5 Å². The van der Waals surface area contributed by atoms with Crippen LogP contribution >= 0.6 is 21.6 Å². The van der Waals surface area contributed by atoms with E-state index in [0.29, 0.717) is 12.1 Å². The topological polar surface area (TPSA) is 64.6 Å². The number of amides is 1. The largest absolute Gasteiger partial charge is 0.507 e. The monoisotopic (exact) mass is 411 g/mol. The third-order valence-electron chi connectivity index (χ3n) is 4.70. The van der Waals surface area contributed by atoms with Gasteiger partial charge in [0.2, 0.25) is 0 Å².